The average Bonchev–Trinajstić information content (AvgIpc) is 3.28. The Morgan fingerprint density at radius 3 is 2.66 bits per heavy atom. The Bertz CT molecular complexity index is 975. The number of nitrogens with zero attached hydrogens (tertiary/aromatic N) is 1. The van der Waals surface area contributed by atoms with E-state index in [1.54, 1.807) is 6.92 Å². The smallest absolute Gasteiger partial charge is 0.251 e. The molecule has 29 heavy (non-hydrogen) atoms. The van der Waals surface area contributed by atoms with Crippen molar-refractivity contribution in [1.29, 1.82) is 0 Å². The number of carbonyl (C=O) groups is 2. The van der Waals surface area contributed by atoms with Gasteiger partial charge < -0.3 is 10.2 Å². The van der Waals surface area contributed by atoms with Gasteiger partial charge in [0.1, 0.15) is 0 Å². The second kappa shape index (κ2) is 7.01. The van der Waals surface area contributed by atoms with Gasteiger partial charge in [0, 0.05) is 30.1 Å². The Hall–Kier alpha value is -2.62. The summed E-state index contributed by atoms with van der Waals surface area (Å²) in [6.07, 6.45) is 7.83. The van der Waals surface area contributed by atoms with Crippen LogP contribution in [0.3, 0.4) is 0 Å². The molecule has 1 saturated carbocycles. The van der Waals surface area contributed by atoms with Crippen molar-refractivity contribution in [2.45, 2.75) is 63.3 Å². The molecule has 2 aromatic carbocycles. The van der Waals surface area contributed by atoms with E-state index in [2.05, 4.69) is 29.6 Å². The fourth-order valence-corrected chi connectivity index (χ4v) is 5.70. The maximum absolute atomic E-state index is 13.1. The van der Waals surface area contributed by atoms with Crippen molar-refractivity contribution in [3.8, 4) is 0 Å². The van der Waals surface area contributed by atoms with Gasteiger partial charge in [-0.15, -0.1) is 0 Å². The molecule has 2 aliphatic carbocycles. The summed E-state index contributed by atoms with van der Waals surface area (Å²) in [5.41, 5.74) is 5.52. The Kier molecular flexibility index (Phi) is 4.45. The van der Waals surface area contributed by atoms with E-state index in [1.165, 1.54) is 36.0 Å². The zero-order chi connectivity index (χ0) is 20.0. The molecule has 1 heterocycles. The maximum atomic E-state index is 13.1. The molecular formula is C25H28N2O2. The van der Waals surface area contributed by atoms with Crippen LogP contribution in [0.2, 0.25) is 0 Å². The zero-order valence-electron chi connectivity index (χ0n) is 17.0. The van der Waals surface area contributed by atoms with Crippen LogP contribution in [0.5, 0.6) is 0 Å². The van der Waals surface area contributed by atoms with Crippen LogP contribution in [0.1, 0.15) is 78.5 Å². The van der Waals surface area contributed by atoms with Crippen molar-refractivity contribution in [3.63, 3.8) is 0 Å². The highest BCUT2D eigenvalue weighted by molar-refractivity contribution is 5.98. The third-order valence-electron chi connectivity index (χ3n) is 7.21. The van der Waals surface area contributed by atoms with Crippen LogP contribution in [-0.4, -0.2) is 18.4 Å². The van der Waals surface area contributed by atoms with Crippen molar-refractivity contribution in [2.75, 3.05) is 11.4 Å². The fraction of sp³-hybridized carbons (Fsp3) is 0.440. The minimum atomic E-state index is -0.0123. The monoisotopic (exact) mass is 388 g/mol. The number of benzene rings is 2. The highest BCUT2D eigenvalue weighted by Crippen LogP contribution is 2.49. The summed E-state index contributed by atoms with van der Waals surface area (Å²) in [6.45, 7) is 2.41. The first-order valence-corrected chi connectivity index (χ1v) is 10.9. The molecule has 1 unspecified atom stereocenters. The van der Waals surface area contributed by atoms with Gasteiger partial charge in [-0.3, -0.25) is 9.59 Å². The highest BCUT2D eigenvalue weighted by atomic mass is 16.2. The maximum Gasteiger partial charge on any atom is 0.251 e. The minimum absolute atomic E-state index is 0.0123. The number of amides is 2. The number of nitrogens with one attached hydrogen (secondary N) is 1. The van der Waals surface area contributed by atoms with Crippen LogP contribution in [-0.2, 0) is 16.6 Å². The number of anilines is 1. The topological polar surface area (TPSA) is 49.4 Å². The lowest BCUT2D eigenvalue weighted by molar-refractivity contribution is -0.116. The van der Waals surface area contributed by atoms with Gasteiger partial charge in [-0.25, -0.2) is 0 Å². The third-order valence-corrected chi connectivity index (χ3v) is 7.21. The van der Waals surface area contributed by atoms with E-state index in [1.807, 2.05) is 23.1 Å². The van der Waals surface area contributed by atoms with E-state index in [-0.39, 0.29) is 23.3 Å². The summed E-state index contributed by atoms with van der Waals surface area (Å²) in [6, 6.07) is 14.4. The minimum Gasteiger partial charge on any atom is -0.345 e. The first-order chi connectivity index (χ1) is 14.1. The van der Waals surface area contributed by atoms with E-state index in [9.17, 15) is 9.59 Å². The largest absolute Gasteiger partial charge is 0.345 e. The van der Waals surface area contributed by atoms with Crippen molar-refractivity contribution in [2.24, 2.45) is 0 Å². The molecule has 1 aliphatic heterocycles. The van der Waals surface area contributed by atoms with Crippen LogP contribution in [0, 0.1) is 0 Å². The number of carbonyl (C=O) groups excluding carboxylic acids is 2. The SMILES string of the molecule is CC(=O)N1CC2(CCCCC2)c2cc(C(=O)NC3CCc4ccccc43)ccc21. The van der Waals surface area contributed by atoms with Gasteiger partial charge in [0.05, 0.1) is 6.04 Å². The highest BCUT2D eigenvalue weighted by Gasteiger charge is 2.44. The Labute approximate surface area is 172 Å². The van der Waals surface area contributed by atoms with E-state index >= 15 is 0 Å². The molecule has 3 aliphatic rings. The molecular weight excluding hydrogens is 360 g/mol. The van der Waals surface area contributed by atoms with Gasteiger partial charge in [-0.1, -0.05) is 43.5 Å². The van der Waals surface area contributed by atoms with Gasteiger partial charge in [-0.2, -0.15) is 0 Å². The number of hydrogen-bond donors (Lipinski definition) is 1. The molecule has 0 radical (unpaired) electrons. The predicted octanol–water partition coefficient (Wildman–Crippen LogP) is 4.67. The van der Waals surface area contributed by atoms with Crippen molar-refractivity contribution in [3.05, 3.63) is 64.7 Å². The molecule has 0 bridgehead atoms. The summed E-state index contributed by atoms with van der Waals surface area (Å²) in [5.74, 6) is 0.0789. The number of hydrogen-bond acceptors (Lipinski definition) is 2. The average molecular weight is 389 g/mol. The van der Waals surface area contributed by atoms with Crippen LogP contribution in [0.15, 0.2) is 42.5 Å². The molecule has 0 aromatic heterocycles. The summed E-state index contributed by atoms with van der Waals surface area (Å²) in [5, 5.41) is 3.25. The Morgan fingerprint density at radius 2 is 1.86 bits per heavy atom. The van der Waals surface area contributed by atoms with Crippen molar-refractivity contribution < 1.29 is 9.59 Å². The number of fused-ring (bicyclic) bond motifs is 3. The van der Waals surface area contributed by atoms with Gasteiger partial charge >= 0.3 is 0 Å². The molecule has 150 valence electrons. The molecule has 1 N–H and O–H groups in total. The first kappa shape index (κ1) is 18.4. The van der Waals surface area contributed by atoms with Crippen LogP contribution >= 0.6 is 0 Å². The summed E-state index contributed by atoms with van der Waals surface area (Å²) >= 11 is 0. The number of aryl methyl sites for hydroxylation is 1. The van der Waals surface area contributed by atoms with Crippen molar-refractivity contribution in [1.82, 2.24) is 5.32 Å². The van der Waals surface area contributed by atoms with Gasteiger partial charge in [-0.05, 0) is 60.6 Å². The summed E-state index contributed by atoms with van der Waals surface area (Å²) in [4.78, 5) is 27.3. The van der Waals surface area contributed by atoms with Gasteiger partial charge in [0.25, 0.3) is 5.91 Å². The molecule has 4 nitrogen and oxygen atoms in total. The molecule has 1 atom stereocenters. The molecule has 1 spiro atoms. The van der Waals surface area contributed by atoms with Crippen molar-refractivity contribution >= 4 is 17.5 Å². The van der Waals surface area contributed by atoms with Crippen LogP contribution < -0.4 is 10.2 Å². The van der Waals surface area contributed by atoms with E-state index in [4.69, 9.17) is 0 Å². The fourth-order valence-electron chi connectivity index (χ4n) is 5.70. The zero-order valence-corrected chi connectivity index (χ0v) is 17.0. The normalized spacial score (nSPS) is 21.7. The van der Waals surface area contributed by atoms with Crippen LogP contribution in [0.4, 0.5) is 5.69 Å². The summed E-state index contributed by atoms with van der Waals surface area (Å²) < 4.78 is 0. The Morgan fingerprint density at radius 1 is 1.07 bits per heavy atom. The van der Waals surface area contributed by atoms with E-state index in [0.29, 0.717) is 5.56 Å². The molecule has 0 saturated heterocycles. The molecule has 1 fully saturated rings. The number of rotatable bonds is 2. The molecule has 2 aromatic rings. The second-order valence-electron chi connectivity index (χ2n) is 8.94. The molecule has 5 rings (SSSR count). The molecule has 2 amide bonds. The quantitative estimate of drug-likeness (QED) is 0.813. The van der Waals surface area contributed by atoms with Crippen LogP contribution in [0.25, 0.3) is 0 Å². The predicted molar refractivity (Wildman–Crippen MR) is 114 cm³/mol. The first-order valence-electron chi connectivity index (χ1n) is 10.9. The standard InChI is InChI=1S/C25H28N2O2/c1-17(28)27-16-25(13-5-2-6-14-25)21-15-19(10-12-23(21)27)24(29)26-22-11-9-18-7-3-4-8-20(18)22/h3-4,7-8,10,12,15,22H,2,5-6,9,11,13-14,16H2,1H3,(H,26,29). The molecule has 4 heteroatoms. The summed E-state index contributed by atoms with van der Waals surface area (Å²) in [7, 11) is 0. The lowest BCUT2D eigenvalue weighted by atomic mass is 9.70. The lowest BCUT2D eigenvalue weighted by Crippen LogP contribution is -2.37. The van der Waals surface area contributed by atoms with E-state index in [0.717, 1.165) is 37.9 Å². The van der Waals surface area contributed by atoms with E-state index < -0.39 is 0 Å². The van der Waals surface area contributed by atoms with Gasteiger partial charge in [0.2, 0.25) is 5.91 Å². The Balaban J connectivity index is 1.45. The third kappa shape index (κ3) is 3.06. The van der Waals surface area contributed by atoms with Gasteiger partial charge in [0.15, 0.2) is 0 Å². The lowest BCUT2D eigenvalue weighted by Gasteiger charge is -2.34. The second-order valence-corrected chi connectivity index (χ2v) is 8.94.